The van der Waals surface area contributed by atoms with Crippen LogP contribution in [0.2, 0.25) is 0 Å². The Morgan fingerprint density at radius 1 is 1.33 bits per heavy atom. The molecule has 1 aromatic carbocycles. The van der Waals surface area contributed by atoms with Gasteiger partial charge in [0.2, 0.25) is 5.89 Å². The number of H-pyrrole nitrogens is 1. The van der Waals surface area contributed by atoms with Gasteiger partial charge in [-0.2, -0.15) is 0 Å². The molecular formula is C10H11N3OS. The first-order valence-corrected chi connectivity index (χ1v) is 5.05. The second kappa shape index (κ2) is 4.37. The third-order valence-corrected chi connectivity index (χ3v) is 2.25. The number of rotatable bonds is 3. The van der Waals surface area contributed by atoms with Crippen LogP contribution in [-0.4, -0.2) is 16.7 Å². The zero-order chi connectivity index (χ0) is 10.7. The molecule has 0 aliphatic heterocycles. The Balaban J connectivity index is 2.27. The molecule has 78 valence electrons. The summed E-state index contributed by atoms with van der Waals surface area (Å²) in [6.45, 7) is 0.655. The molecule has 1 aromatic heterocycles. The van der Waals surface area contributed by atoms with Crippen LogP contribution in [0.4, 0.5) is 0 Å². The van der Waals surface area contributed by atoms with E-state index in [1.165, 1.54) is 5.56 Å². The summed E-state index contributed by atoms with van der Waals surface area (Å²) in [5, 5.41) is 6.53. The number of nitrogens with one attached hydrogen (secondary N) is 1. The van der Waals surface area contributed by atoms with Crippen molar-refractivity contribution in [3.8, 4) is 11.5 Å². The largest absolute Gasteiger partial charge is 0.409 e. The van der Waals surface area contributed by atoms with Crippen LogP contribution >= 0.6 is 12.2 Å². The van der Waals surface area contributed by atoms with Crippen molar-refractivity contribution in [2.45, 2.75) is 6.42 Å². The molecule has 2 rings (SSSR count). The molecule has 0 aliphatic carbocycles. The third-order valence-electron chi connectivity index (χ3n) is 2.07. The molecule has 1 heterocycles. The second-order valence-corrected chi connectivity index (χ2v) is 3.52. The van der Waals surface area contributed by atoms with Gasteiger partial charge in [-0.1, -0.05) is 12.1 Å². The van der Waals surface area contributed by atoms with Crippen molar-refractivity contribution in [1.29, 1.82) is 0 Å². The summed E-state index contributed by atoms with van der Waals surface area (Å²) >= 11 is 4.80. The topological polar surface area (TPSA) is 67.8 Å². The number of nitrogens with two attached hydrogens (primary N) is 1. The highest BCUT2D eigenvalue weighted by Gasteiger charge is 2.02. The molecule has 3 N–H and O–H groups in total. The Hall–Kier alpha value is -1.46. The molecule has 0 aliphatic rings. The SMILES string of the molecule is NCCc1ccc(-c2n[nH]c(=S)o2)cc1. The lowest BCUT2D eigenvalue weighted by Crippen LogP contribution is -2.02. The van der Waals surface area contributed by atoms with Crippen molar-refractivity contribution < 1.29 is 4.42 Å². The quantitative estimate of drug-likeness (QED) is 0.777. The van der Waals surface area contributed by atoms with Gasteiger partial charge in [0.05, 0.1) is 0 Å². The number of nitrogens with zero attached hydrogens (tertiary/aromatic N) is 1. The first-order chi connectivity index (χ1) is 7.29. The lowest BCUT2D eigenvalue weighted by atomic mass is 10.1. The normalized spacial score (nSPS) is 10.5. The maximum Gasteiger partial charge on any atom is 0.284 e. The molecule has 0 amide bonds. The van der Waals surface area contributed by atoms with E-state index >= 15 is 0 Å². The molecule has 0 spiro atoms. The predicted octanol–water partition coefficient (Wildman–Crippen LogP) is 1.90. The van der Waals surface area contributed by atoms with Crippen molar-refractivity contribution in [3.63, 3.8) is 0 Å². The highest BCUT2D eigenvalue weighted by molar-refractivity contribution is 7.71. The van der Waals surface area contributed by atoms with Crippen LogP contribution in [0, 0.1) is 4.84 Å². The summed E-state index contributed by atoms with van der Waals surface area (Å²) in [5.74, 6) is 0.513. The highest BCUT2D eigenvalue weighted by atomic mass is 32.1. The summed E-state index contributed by atoms with van der Waals surface area (Å²) in [4.78, 5) is 0.288. The lowest BCUT2D eigenvalue weighted by Gasteiger charge is -1.98. The Bertz CT molecular complexity index is 486. The van der Waals surface area contributed by atoms with Crippen molar-refractivity contribution in [2.24, 2.45) is 5.73 Å². The van der Waals surface area contributed by atoms with E-state index in [9.17, 15) is 0 Å². The molecular weight excluding hydrogens is 210 g/mol. The summed E-state index contributed by atoms with van der Waals surface area (Å²) in [6.07, 6.45) is 0.879. The van der Waals surface area contributed by atoms with Crippen LogP contribution in [0.3, 0.4) is 0 Å². The molecule has 0 saturated carbocycles. The fourth-order valence-electron chi connectivity index (χ4n) is 1.33. The van der Waals surface area contributed by atoms with Gasteiger partial charge in [-0.05, 0) is 42.9 Å². The molecule has 0 unspecified atom stereocenters. The van der Waals surface area contributed by atoms with E-state index in [0.717, 1.165) is 12.0 Å². The minimum atomic E-state index is 0.288. The van der Waals surface area contributed by atoms with Gasteiger partial charge in [-0.15, -0.1) is 5.10 Å². The van der Waals surface area contributed by atoms with Gasteiger partial charge in [0.1, 0.15) is 0 Å². The van der Waals surface area contributed by atoms with Gasteiger partial charge in [-0.25, -0.2) is 5.10 Å². The summed E-state index contributed by atoms with van der Waals surface area (Å²) < 4.78 is 5.19. The van der Waals surface area contributed by atoms with Gasteiger partial charge in [0.15, 0.2) is 0 Å². The van der Waals surface area contributed by atoms with E-state index < -0.39 is 0 Å². The fourth-order valence-corrected chi connectivity index (χ4v) is 1.46. The lowest BCUT2D eigenvalue weighted by molar-refractivity contribution is 0.552. The van der Waals surface area contributed by atoms with Crippen LogP contribution in [-0.2, 0) is 6.42 Å². The molecule has 5 heteroatoms. The summed E-state index contributed by atoms with van der Waals surface area (Å²) in [7, 11) is 0. The van der Waals surface area contributed by atoms with Crippen molar-refractivity contribution in [1.82, 2.24) is 10.2 Å². The minimum Gasteiger partial charge on any atom is -0.409 e. The Morgan fingerprint density at radius 2 is 2.07 bits per heavy atom. The minimum absolute atomic E-state index is 0.288. The van der Waals surface area contributed by atoms with Crippen LogP contribution in [0.5, 0.6) is 0 Å². The van der Waals surface area contributed by atoms with Gasteiger partial charge in [0, 0.05) is 5.56 Å². The van der Waals surface area contributed by atoms with E-state index in [4.69, 9.17) is 22.4 Å². The highest BCUT2D eigenvalue weighted by Crippen LogP contribution is 2.17. The average Bonchev–Trinajstić information content (AvgIpc) is 2.67. The van der Waals surface area contributed by atoms with E-state index in [-0.39, 0.29) is 4.84 Å². The van der Waals surface area contributed by atoms with E-state index in [1.54, 1.807) is 0 Å². The fraction of sp³-hybridized carbons (Fsp3) is 0.200. The maximum absolute atomic E-state index is 5.46. The number of hydrogen-bond acceptors (Lipinski definition) is 4. The molecule has 0 saturated heterocycles. The molecule has 0 fully saturated rings. The average molecular weight is 221 g/mol. The predicted molar refractivity (Wildman–Crippen MR) is 59.9 cm³/mol. The van der Waals surface area contributed by atoms with E-state index in [0.29, 0.717) is 12.4 Å². The van der Waals surface area contributed by atoms with Crippen LogP contribution in [0.25, 0.3) is 11.5 Å². The van der Waals surface area contributed by atoms with E-state index in [2.05, 4.69) is 10.2 Å². The smallest absolute Gasteiger partial charge is 0.284 e. The van der Waals surface area contributed by atoms with Crippen molar-refractivity contribution in [2.75, 3.05) is 6.54 Å². The van der Waals surface area contributed by atoms with Gasteiger partial charge < -0.3 is 10.2 Å². The van der Waals surface area contributed by atoms with Gasteiger partial charge >= 0.3 is 0 Å². The molecule has 0 radical (unpaired) electrons. The number of hydrogen-bond donors (Lipinski definition) is 2. The van der Waals surface area contributed by atoms with Crippen LogP contribution in [0.15, 0.2) is 28.7 Å². The number of aromatic nitrogens is 2. The maximum atomic E-state index is 5.46. The molecule has 0 atom stereocenters. The van der Waals surface area contributed by atoms with Gasteiger partial charge in [-0.3, -0.25) is 0 Å². The second-order valence-electron chi connectivity index (χ2n) is 3.15. The number of benzene rings is 1. The third kappa shape index (κ3) is 2.31. The monoisotopic (exact) mass is 221 g/mol. The van der Waals surface area contributed by atoms with Gasteiger partial charge in [0.25, 0.3) is 4.84 Å². The molecule has 0 bridgehead atoms. The first kappa shape index (κ1) is 10.1. The Kier molecular flexibility index (Phi) is 2.94. The van der Waals surface area contributed by atoms with Crippen LogP contribution in [0.1, 0.15) is 5.56 Å². The zero-order valence-corrected chi connectivity index (χ0v) is 8.88. The van der Waals surface area contributed by atoms with Crippen molar-refractivity contribution >= 4 is 12.2 Å². The number of aromatic amines is 1. The summed E-state index contributed by atoms with van der Waals surface area (Å²) in [6, 6.07) is 7.91. The summed E-state index contributed by atoms with van der Waals surface area (Å²) in [5.41, 5.74) is 7.57. The van der Waals surface area contributed by atoms with E-state index in [1.807, 2.05) is 24.3 Å². The first-order valence-electron chi connectivity index (χ1n) is 4.64. The van der Waals surface area contributed by atoms with Crippen molar-refractivity contribution in [3.05, 3.63) is 34.7 Å². The van der Waals surface area contributed by atoms with Crippen LogP contribution < -0.4 is 5.73 Å². The Morgan fingerprint density at radius 3 is 2.60 bits per heavy atom. The zero-order valence-electron chi connectivity index (χ0n) is 8.06. The standard InChI is InChI=1S/C10H11N3OS/c11-6-5-7-1-3-8(4-2-7)9-12-13-10(15)14-9/h1-4H,5-6,11H2,(H,13,15). The molecule has 2 aromatic rings. The molecule has 4 nitrogen and oxygen atoms in total. The molecule has 15 heavy (non-hydrogen) atoms. The Labute approximate surface area is 92.1 Å².